The van der Waals surface area contributed by atoms with Gasteiger partial charge >= 0.3 is 5.69 Å². The number of aromatic nitrogens is 1. The number of nitrogens with two attached hydrogens (primary N) is 1. The summed E-state index contributed by atoms with van der Waals surface area (Å²) in [6.45, 7) is 0.862. The molecule has 0 aliphatic carbocycles. The Hall–Kier alpha value is -1.95. The third kappa shape index (κ3) is 3.32. The first-order valence-electron chi connectivity index (χ1n) is 4.86. The van der Waals surface area contributed by atoms with Gasteiger partial charge in [-0.05, 0) is 25.6 Å². The topological polar surface area (TPSA) is 94.1 Å². The molecule has 1 aromatic rings. The number of hydrogen-bond donors (Lipinski definition) is 2. The first-order chi connectivity index (χ1) is 7.65. The van der Waals surface area contributed by atoms with Crippen molar-refractivity contribution in [3.8, 4) is 0 Å². The fourth-order valence-electron chi connectivity index (χ4n) is 1.16. The van der Waals surface area contributed by atoms with Gasteiger partial charge in [0.15, 0.2) is 0 Å². The van der Waals surface area contributed by atoms with E-state index in [-0.39, 0.29) is 11.5 Å². The van der Waals surface area contributed by atoms with Gasteiger partial charge in [-0.3, -0.25) is 10.1 Å². The highest BCUT2D eigenvalue weighted by Crippen LogP contribution is 2.20. The van der Waals surface area contributed by atoms with E-state index >= 15 is 0 Å². The molecule has 6 heteroatoms. The molecule has 3 N–H and O–H groups in total. The van der Waals surface area contributed by atoms with Gasteiger partial charge in [0.25, 0.3) is 0 Å². The maximum Gasteiger partial charge on any atom is 0.311 e. The molecule has 1 aromatic heterocycles. The third-order valence-corrected chi connectivity index (χ3v) is 1.99. The highest BCUT2D eigenvalue weighted by Gasteiger charge is 2.11. The summed E-state index contributed by atoms with van der Waals surface area (Å²) in [6, 6.07) is 1.41. The Labute approximate surface area is 93.3 Å². The molecule has 6 nitrogen and oxygen atoms in total. The molecule has 86 valence electrons. The maximum atomic E-state index is 10.6. The molecule has 1 heterocycles. The van der Waals surface area contributed by atoms with E-state index in [1.807, 2.05) is 13.1 Å². The summed E-state index contributed by atoms with van der Waals surface area (Å²) in [5.41, 5.74) is 5.90. The van der Waals surface area contributed by atoms with Crippen LogP contribution in [0.25, 0.3) is 6.08 Å². The lowest BCUT2D eigenvalue weighted by molar-refractivity contribution is -0.384. The molecule has 0 aliphatic heterocycles. The van der Waals surface area contributed by atoms with Crippen LogP contribution in [-0.4, -0.2) is 23.5 Å². The number of nitro groups is 1. The van der Waals surface area contributed by atoms with Gasteiger partial charge in [-0.15, -0.1) is 0 Å². The first kappa shape index (κ1) is 12.1. The molecule has 1 rings (SSSR count). The second-order valence-electron chi connectivity index (χ2n) is 3.22. The normalized spacial score (nSPS) is 10.8. The molecule has 0 atom stereocenters. The summed E-state index contributed by atoms with van der Waals surface area (Å²) in [7, 11) is 1.86. The molecule has 16 heavy (non-hydrogen) atoms. The van der Waals surface area contributed by atoms with E-state index in [0.717, 1.165) is 13.0 Å². The monoisotopic (exact) mass is 222 g/mol. The van der Waals surface area contributed by atoms with Gasteiger partial charge in [0.1, 0.15) is 0 Å². The van der Waals surface area contributed by atoms with E-state index in [1.54, 1.807) is 6.08 Å². The van der Waals surface area contributed by atoms with Crippen molar-refractivity contribution in [1.82, 2.24) is 10.3 Å². The molecule has 0 radical (unpaired) electrons. The number of nitrogens with one attached hydrogen (secondary N) is 1. The molecule has 0 fully saturated rings. The lowest BCUT2D eigenvalue weighted by Crippen LogP contribution is -2.05. The van der Waals surface area contributed by atoms with Gasteiger partial charge in [0.05, 0.1) is 4.92 Å². The van der Waals surface area contributed by atoms with Crippen LogP contribution in [0.2, 0.25) is 0 Å². The van der Waals surface area contributed by atoms with Crippen molar-refractivity contribution < 1.29 is 4.92 Å². The van der Waals surface area contributed by atoms with E-state index in [2.05, 4.69) is 10.3 Å². The van der Waals surface area contributed by atoms with Gasteiger partial charge in [-0.25, -0.2) is 4.98 Å². The highest BCUT2D eigenvalue weighted by molar-refractivity contribution is 5.60. The van der Waals surface area contributed by atoms with Crippen LogP contribution in [0, 0.1) is 10.1 Å². The smallest absolute Gasteiger partial charge is 0.311 e. The summed E-state index contributed by atoms with van der Waals surface area (Å²) in [6.07, 6.45) is 6.08. The van der Waals surface area contributed by atoms with Crippen molar-refractivity contribution in [3.05, 3.63) is 34.0 Å². The fraction of sp³-hybridized carbons (Fsp3) is 0.300. The Morgan fingerprint density at radius 3 is 3.06 bits per heavy atom. The molecule has 0 aromatic carbocycles. The number of anilines is 1. The Balaban J connectivity index is 2.78. The zero-order chi connectivity index (χ0) is 12.0. The quantitative estimate of drug-likeness (QED) is 0.443. The van der Waals surface area contributed by atoms with Gasteiger partial charge < -0.3 is 11.1 Å². The van der Waals surface area contributed by atoms with Crippen molar-refractivity contribution in [1.29, 1.82) is 0 Å². The first-order valence-corrected chi connectivity index (χ1v) is 4.86. The molecule has 0 bridgehead atoms. The maximum absolute atomic E-state index is 10.6. The van der Waals surface area contributed by atoms with E-state index in [1.165, 1.54) is 12.3 Å². The number of rotatable bonds is 5. The lowest BCUT2D eigenvalue weighted by atomic mass is 10.2. The predicted octanol–water partition coefficient (Wildman–Crippen LogP) is 1.19. The average molecular weight is 222 g/mol. The minimum atomic E-state index is -0.534. The molecule has 0 aliphatic rings. The number of nitrogen functional groups attached to an aromatic ring is 1. The van der Waals surface area contributed by atoms with E-state index in [0.29, 0.717) is 5.56 Å². The molecule has 0 saturated carbocycles. The molecular formula is C10H14N4O2. The van der Waals surface area contributed by atoms with Crippen molar-refractivity contribution in [2.45, 2.75) is 6.42 Å². The zero-order valence-electron chi connectivity index (χ0n) is 9.01. The van der Waals surface area contributed by atoms with Gasteiger partial charge in [-0.2, -0.15) is 0 Å². The molecule has 0 saturated heterocycles. The minimum Gasteiger partial charge on any atom is -0.378 e. The van der Waals surface area contributed by atoms with Crippen molar-refractivity contribution in [2.24, 2.45) is 0 Å². The standard InChI is InChI=1S/C10H14N4O2/c1-12-5-3-2-4-8-6-9(14(15)16)10(11)13-7-8/h2,4,6-7,12H,3,5H2,1H3,(H2,11,13). The fourth-order valence-corrected chi connectivity index (χ4v) is 1.16. The van der Waals surface area contributed by atoms with Crippen molar-refractivity contribution in [3.63, 3.8) is 0 Å². The largest absolute Gasteiger partial charge is 0.378 e. The van der Waals surface area contributed by atoms with Crippen molar-refractivity contribution >= 4 is 17.6 Å². The van der Waals surface area contributed by atoms with Crippen LogP contribution >= 0.6 is 0 Å². The van der Waals surface area contributed by atoms with E-state index in [4.69, 9.17) is 5.73 Å². The Morgan fingerprint density at radius 2 is 2.44 bits per heavy atom. The minimum absolute atomic E-state index is 0.0580. The number of nitrogens with zero attached hydrogens (tertiary/aromatic N) is 2. The lowest BCUT2D eigenvalue weighted by Gasteiger charge is -1.97. The Bertz CT molecular complexity index is 404. The summed E-state index contributed by atoms with van der Waals surface area (Å²) >= 11 is 0. The van der Waals surface area contributed by atoms with E-state index < -0.39 is 4.92 Å². The van der Waals surface area contributed by atoms with Gasteiger partial charge in [0.2, 0.25) is 5.82 Å². The molecular weight excluding hydrogens is 208 g/mol. The van der Waals surface area contributed by atoms with E-state index in [9.17, 15) is 10.1 Å². The number of hydrogen-bond acceptors (Lipinski definition) is 5. The summed E-state index contributed by atoms with van der Waals surface area (Å²) in [5, 5.41) is 13.6. The molecule has 0 spiro atoms. The zero-order valence-corrected chi connectivity index (χ0v) is 9.01. The van der Waals surface area contributed by atoms with Crippen LogP contribution in [0.4, 0.5) is 11.5 Å². The summed E-state index contributed by atoms with van der Waals surface area (Å²) in [4.78, 5) is 13.8. The van der Waals surface area contributed by atoms with Crippen LogP contribution < -0.4 is 11.1 Å². The molecule has 0 amide bonds. The Morgan fingerprint density at radius 1 is 1.69 bits per heavy atom. The van der Waals surface area contributed by atoms with Crippen LogP contribution in [0.15, 0.2) is 18.3 Å². The highest BCUT2D eigenvalue weighted by atomic mass is 16.6. The summed E-state index contributed by atoms with van der Waals surface area (Å²) in [5.74, 6) is -0.0580. The predicted molar refractivity (Wildman–Crippen MR) is 62.9 cm³/mol. The second kappa shape index (κ2) is 5.82. The SMILES string of the molecule is CNCCC=Cc1cnc(N)c([N+](=O)[O-])c1. The Kier molecular flexibility index (Phi) is 4.41. The van der Waals surface area contributed by atoms with Crippen LogP contribution in [-0.2, 0) is 0 Å². The van der Waals surface area contributed by atoms with Crippen LogP contribution in [0.1, 0.15) is 12.0 Å². The number of pyridine rings is 1. The summed E-state index contributed by atoms with van der Waals surface area (Å²) < 4.78 is 0. The van der Waals surface area contributed by atoms with Gasteiger partial charge in [0, 0.05) is 12.3 Å². The average Bonchev–Trinajstić information content (AvgIpc) is 2.26. The van der Waals surface area contributed by atoms with Crippen LogP contribution in [0.5, 0.6) is 0 Å². The van der Waals surface area contributed by atoms with Gasteiger partial charge in [-0.1, -0.05) is 12.2 Å². The molecule has 0 unspecified atom stereocenters. The second-order valence-corrected chi connectivity index (χ2v) is 3.22. The van der Waals surface area contributed by atoms with Crippen LogP contribution in [0.3, 0.4) is 0 Å². The van der Waals surface area contributed by atoms with Crippen molar-refractivity contribution in [2.75, 3.05) is 19.3 Å². The third-order valence-electron chi connectivity index (χ3n) is 1.99.